The molecule has 21 heavy (non-hydrogen) atoms. The van der Waals surface area contributed by atoms with Crippen LogP contribution in [0.1, 0.15) is 17.4 Å². The minimum atomic E-state index is -1.15. The van der Waals surface area contributed by atoms with E-state index in [1.165, 1.54) is 13.0 Å². The number of benzene rings is 1. The van der Waals surface area contributed by atoms with Crippen LogP contribution in [0.15, 0.2) is 36.4 Å². The molecule has 3 amide bonds. The third-order valence-electron chi connectivity index (χ3n) is 2.71. The molecule has 1 heterocycles. The van der Waals surface area contributed by atoms with Crippen LogP contribution in [0.3, 0.4) is 0 Å². The first-order chi connectivity index (χ1) is 9.97. The van der Waals surface area contributed by atoms with Crippen molar-refractivity contribution in [3.63, 3.8) is 0 Å². The fraction of sp³-hybridized carbons (Fsp3) is 0.143. The Morgan fingerprint density at radius 1 is 1.19 bits per heavy atom. The van der Waals surface area contributed by atoms with Crippen LogP contribution in [0, 0.1) is 0 Å². The van der Waals surface area contributed by atoms with E-state index in [9.17, 15) is 14.4 Å². The minimum absolute atomic E-state index is 0.0763. The Morgan fingerprint density at radius 2 is 1.90 bits per heavy atom. The molecule has 1 atom stereocenters. The van der Waals surface area contributed by atoms with E-state index in [0.29, 0.717) is 5.52 Å². The van der Waals surface area contributed by atoms with Crippen LogP contribution >= 0.6 is 0 Å². The molecule has 2 rings (SSSR count). The molecule has 0 aliphatic carbocycles. The van der Waals surface area contributed by atoms with Crippen LogP contribution in [0.4, 0.5) is 4.79 Å². The summed E-state index contributed by atoms with van der Waals surface area (Å²) in [7, 11) is 0. The minimum Gasteiger partial charge on any atom is -0.448 e. The number of imide groups is 1. The Morgan fingerprint density at radius 3 is 2.62 bits per heavy atom. The Bertz CT molecular complexity index is 714. The number of nitrogens with one attached hydrogen (secondary N) is 1. The van der Waals surface area contributed by atoms with Crippen molar-refractivity contribution in [2.45, 2.75) is 13.0 Å². The lowest BCUT2D eigenvalue weighted by Gasteiger charge is -2.11. The lowest BCUT2D eigenvalue weighted by Crippen LogP contribution is -2.42. The zero-order chi connectivity index (χ0) is 15.4. The molecule has 0 aliphatic heterocycles. The van der Waals surface area contributed by atoms with Gasteiger partial charge >= 0.3 is 12.0 Å². The van der Waals surface area contributed by atoms with Crippen LogP contribution in [-0.2, 0) is 9.53 Å². The molecule has 7 nitrogen and oxygen atoms in total. The number of amides is 3. The molecule has 0 fully saturated rings. The van der Waals surface area contributed by atoms with Crippen molar-refractivity contribution >= 4 is 28.8 Å². The van der Waals surface area contributed by atoms with Crippen molar-refractivity contribution in [1.29, 1.82) is 0 Å². The van der Waals surface area contributed by atoms with Gasteiger partial charge in [-0.2, -0.15) is 0 Å². The summed E-state index contributed by atoms with van der Waals surface area (Å²) in [5.41, 5.74) is 5.53. The van der Waals surface area contributed by atoms with E-state index in [2.05, 4.69) is 4.98 Å². The molecule has 1 aromatic carbocycles. The smallest absolute Gasteiger partial charge is 0.357 e. The number of hydrogen-bond acceptors (Lipinski definition) is 5. The van der Waals surface area contributed by atoms with E-state index in [1.54, 1.807) is 18.2 Å². The number of para-hydroxylation sites is 1. The van der Waals surface area contributed by atoms with E-state index in [1.807, 2.05) is 17.4 Å². The maximum atomic E-state index is 11.9. The van der Waals surface area contributed by atoms with Crippen molar-refractivity contribution in [1.82, 2.24) is 10.3 Å². The Kier molecular flexibility index (Phi) is 4.13. The van der Waals surface area contributed by atoms with Crippen LogP contribution < -0.4 is 11.1 Å². The molecule has 2 aromatic rings. The Labute approximate surface area is 120 Å². The van der Waals surface area contributed by atoms with Gasteiger partial charge in [0.2, 0.25) is 0 Å². The number of primary amides is 1. The van der Waals surface area contributed by atoms with Gasteiger partial charge in [0.15, 0.2) is 6.10 Å². The summed E-state index contributed by atoms with van der Waals surface area (Å²) in [5.74, 6) is -1.55. The number of pyridine rings is 1. The van der Waals surface area contributed by atoms with Gasteiger partial charge in [0, 0.05) is 5.39 Å². The number of hydrogen-bond donors (Lipinski definition) is 2. The van der Waals surface area contributed by atoms with E-state index in [0.717, 1.165) is 5.39 Å². The maximum absolute atomic E-state index is 11.9. The van der Waals surface area contributed by atoms with E-state index in [4.69, 9.17) is 10.5 Å². The van der Waals surface area contributed by atoms with Gasteiger partial charge in [-0.15, -0.1) is 0 Å². The number of carbonyl (C=O) groups is 3. The molecule has 1 unspecified atom stereocenters. The molecule has 0 spiro atoms. The zero-order valence-corrected chi connectivity index (χ0v) is 11.2. The fourth-order valence-electron chi connectivity index (χ4n) is 1.68. The summed E-state index contributed by atoms with van der Waals surface area (Å²) in [6.45, 7) is 1.33. The summed E-state index contributed by atoms with van der Waals surface area (Å²) >= 11 is 0. The van der Waals surface area contributed by atoms with Gasteiger partial charge in [-0.1, -0.05) is 24.3 Å². The van der Waals surface area contributed by atoms with Crippen LogP contribution in [0.25, 0.3) is 10.9 Å². The van der Waals surface area contributed by atoms with Crippen molar-refractivity contribution in [2.24, 2.45) is 5.73 Å². The molecular weight excluding hydrogens is 274 g/mol. The molecule has 3 N–H and O–H groups in total. The van der Waals surface area contributed by atoms with Gasteiger partial charge in [-0.25, -0.2) is 14.6 Å². The highest BCUT2D eigenvalue weighted by Crippen LogP contribution is 2.12. The monoisotopic (exact) mass is 287 g/mol. The second-order valence-corrected chi connectivity index (χ2v) is 4.29. The van der Waals surface area contributed by atoms with Gasteiger partial charge in [0.05, 0.1) is 5.52 Å². The maximum Gasteiger partial charge on any atom is 0.357 e. The second kappa shape index (κ2) is 6.00. The SMILES string of the molecule is CC(OC(=O)c1ccc2ccccc2n1)C(=O)NC(N)=O. The van der Waals surface area contributed by atoms with Gasteiger partial charge in [-0.05, 0) is 19.1 Å². The number of aromatic nitrogens is 1. The first kappa shape index (κ1) is 14.4. The topological polar surface area (TPSA) is 111 Å². The molecular formula is C14H13N3O4. The van der Waals surface area contributed by atoms with Gasteiger partial charge in [-0.3, -0.25) is 10.1 Å². The van der Waals surface area contributed by atoms with Crippen molar-refractivity contribution in [3.05, 3.63) is 42.1 Å². The predicted molar refractivity (Wildman–Crippen MR) is 74.3 cm³/mol. The highest BCUT2D eigenvalue weighted by atomic mass is 16.5. The standard InChI is InChI=1S/C14H13N3O4/c1-8(12(18)17-14(15)20)21-13(19)11-7-6-9-4-2-3-5-10(9)16-11/h2-8H,1H3,(H3,15,17,18,20). The number of urea groups is 1. The number of fused-ring (bicyclic) bond motifs is 1. The molecule has 0 bridgehead atoms. The molecule has 7 heteroatoms. The van der Waals surface area contributed by atoms with Crippen LogP contribution in [0.2, 0.25) is 0 Å². The molecule has 0 radical (unpaired) electrons. The molecule has 0 saturated heterocycles. The van der Waals surface area contributed by atoms with E-state index in [-0.39, 0.29) is 5.69 Å². The normalized spacial score (nSPS) is 11.7. The summed E-state index contributed by atoms with van der Waals surface area (Å²) in [6, 6.07) is 9.50. The number of rotatable bonds is 3. The molecule has 1 aromatic heterocycles. The van der Waals surface area contributed by atoms with Crippen LogP contribution in [0.5, 0.6) is 0 Å². The Hall–Kier alpha value is -2.96. The zero-order valence-electron chi connectivity index (χ0n) is 11.2. The van der Waals surface area contributed by atoms with E-state index >= 15 is 0 Å². The summed E-state index contributed by atoms with van der Waals surface area (Å²) in [4.78, 5) is 38.0. The first-order valence-electron chi connectivity index (χ1n) is 6.14. The molecule has 108 valence electrons. The fourth-order valence-corrected chi connectivity index (χ4v) is 1.68. The highest BCUT2D eigenvalue weighted by Gasteiger charge is 2.20. The van der Waals surface area contributed by atoms with Gasteiger partial charge in [0.1, 0.15) is 5.69 Å². The van der Waals surface area contributed by atoms with Gasteiger partial charge in [0.25, 0.3) is 5.91 Å². The van der Waals surface area contributed by atoms with Gasteiger partial charge < -0.3 is 10.5 Å². The molecule has 0 saturated carbocycles. The van der Waals surface area contributed by atoms with Crippen molar-refractivity contribution in [2.75, 3.05) is 0 Å². The third kappa shape index (κ3) is 3.53. The highest BCUT2D eigenvalue weighted by molar-refractivity contribution is 5.98. The third-order valence-corrected chi connectivity index (χ3v) is 2.71. The quantitative estimate of drug-likeness (QED) is 0.817. The second-order valence-electron chi connectivity index (χ2n) is 4.29. The van der Waals surface area contributed by atoms with Crippen molar-refractivity contribution < 1.29 is 19.1 Å². The number of esters is 1. The van der Waals surface area contributed by atoms with Crippen LogP contribution in [-0.4, -0.2) is 29.0 Å². The number of carbonyl (C=O) groups excluding carboxylic acids is 3. The number of nitrogens with zero attached hydrogens (tertiary/aromatic N) is 1. The predicted octanol–water partition coefficient (Wildman–Crippen LogP) is 0.975. The summed E-state index contributed by atoms with van der Waals surface area (Å²) in [6.07, 6.45) is -1.15. The van der Waals surface area contributed by atoms with Crippen molar-refractivity contribution in [3.8, 4) is 0 Å². The van der Waals surface area contributed by atoms with E-state index < -0.39 is 24.0 Å². The lowest BCUT2D eigenvalue weighted by molar-refractivity contribution is -0.127. The summed E-state index contributed by atoms with van der Waals surface area (Å²) in [5, 5.41) is 2.71. The average molecular weight is 287 g/mol. The molecule has 0 aliphatic rings. The average Bonchev–Trinajstić information content (AvgIpc) is 2.45. The Balaban J connectivity index is 2.11. The lowest BCUT2D eigenvalue weighted by atomic mass is 10.2. The number of nitrogens with two attached hydrogens (primary N) is 1. The number of ether oxygens (including phenoxy) is 1. The largest absolute Gasteiger partial charge is 0.448 e. The summed E-state index contributed by atoms with van der Waals surface area (Å²) < 4.78 is 4.93. The first-order valence-corrected chi connectivity index (χ1v) is 6.14.